The molecule has 0 saturated carbocycles. The van der Waals surface area contributed by atoms with Gasteiger partial charge in [-0.05, 0) is 55.0 Å². The summed E-state index contributed by atoms with van der Waals surface area (Å²) in [5, 5.41) is 0.890. The van der Waals surface area contributed by atoms with Crippen molar-refractivity contribution >= 4 is 34.8 Å². The Morgan fingerprint density at radius 1 is 0.920 bits per heavy atom. The van der Waals surface area contributed by atoms with Gasteiger partial charge in [-0.15, -0.1) is 0 Å². The second-order valence-electron chi connectivity index (χ2n) is 6.20. The molecule has 2 nitrogen and oxygen atoms in total. The standard InChI is InChI=1S/C21H18Cl2O2/c22-18-11-5-3-9-16(18)20(24)13-14-7-1-2-8-15(14)21(25)17-10-4-6-12-19(17)23/h3-6,8-12,14H,1-2,7,13H2/t14-/m1/s1. The minimum Gasteiger partial charge on any atom is -0.294 e. The van der Waals surface area contributed by atoms with Gasteiger partial charge in [-0.1, -0.05) is 53.5 Å². The lowest BCUT2D eigenvalue weighted by Crippen LogP contribution is -2.20. The van der Waals surface area contributed by atoms with Crippen molar-refractivity contribution in [2.45, 2.75) is 25.7 Å². The SMILES string of the molecule is O=C(C[C@H]1CCCC=C1C(=O)c1ccccc1Cl)c1ccccc1Cl. The van der Waals surface area contributed by atoms with E-state index in [-0.39, 0.29) is 23.9 Å². The lowest BCUT2D eigenvalue weighted by Gasteiger charge is -2.23. The van der Waals surface area contributed by atoms with Crippen LogP contribution in [-0.2, 0) is 0 Å². The predicted octanol–water partition coefficient (Wildman–Crippen LogP) is 6.18. The van der Waals surface area contributed by atoms with E-state index in [4.69, 9.17) is 23.2 Å². The lowest BCUT2D eigenvalue weighted by molar-refractivity contribution is 0.0954. The molecule has 0 radical (unpaired) electrons. The van der Waals surface area contributed by atoms with Crippen LogP contribution in [0.4, 0.5) is 0 Å². The average Bonchev–Trinajstić information content (AvgIpc) is 2.62. The molecule has 2 aromatic carbocycles. The summed E-state index contributed by atoms with van der Waals surface area (Å²) in [7, 11) is 0. The van der Waals surface area contributed by atoms with E-state index < -0.39 is 0 Å². The molecule has 0 unspecified atom stereocenters. The minimum atomic E-state index is -0.0960. The Morgan fingerprint density at radius 3 is 2.16 bits per heavy atom. The third-order valence-electron chi connectivity index (χ3n) is 4.55. The topological polar surface area (TPSA) is 34.1 Å². The summed E-state index contributed by atoms with van der Waals surface area (Å²) in [5.74, 6) is -0.209. The zero-order valence-electron chi connectivity index (χ0n) is 13.7. The number of rotatable bonds is 5. The quantitative estimate of drug-likeness (QED) is 0.587. The van der Waals surface area contributed by atoms with E-state index >= 15 is 0 Å². The first-order valence-electron chi connectivity index (χ1n) is 8.35. The van der Waals surface area contributed by atoms with E-state index in [9.17, 15) is 9.59 Å². The normalized spacial score (nSPS) is 17.0. The predicted molar refractivity (Wildman–Crippen MR) is 102 cm³/mol. The van der Waals surface area contributed by atoms with Crippen LogP contribution < -0.4 is 0 Å². The summed E-state index contributed by atoms with van der Waals surface area (Å²) in [4.78, 5) is 25.6. The van der Waals surface area contributed by atoms with E-state index in [0.29, 0.717) is 26.7 Å². The molecule has 3 rings (SSSR count). The van der Waals surface area contributed by atoms with Gasteiger partial charge in [0.15, 0.2) is 11.6 Å². The summed E-state index contributed by atoms with van der Waals surface area (Å²) in [5.41, 5.74) is 1.70. The monoisotopic (exact) mass is 372 g/mol. The molecular weight excluding hydrogens is 355 g/mol. The number of hydrogen-bond acceptors (Lipinski definition) is 2. The molecule has 0 bridgehead atoms. The minimum absolute atomic E-state index is 0.0321. The Balaban J connectivity index is 1.83. The van der Waals surface area contributed by atoms with Gasteiger partial charge in [0, 0.05) is 17.5 Å². The Labute approximate surface area is 157 Å². The molecule has 0 aromatic heterocycles. The summed E-state index contributed by atoms with van der Waals surface area (Å²) in [6.07, 6.45) is 4.88. The van der Waals surface area contributed by atoms with Crippen LogP contribution in [0.2, 0.25) is 10.0 Å². The van der Waals surface area contributed by atoms with Crippen LogP contribution in [0.15, 0.2) is 60.2 Å². The van der Waals surface area contributed by atoms with Crippen molar-refractivity contribution in [3.8, 4) is 0 Å². The highest BCUT2D eigenvalue weighted by molar-refractivity contribution is 6.35. The van der Waals surface area contributed by atoms with Crippen LogP contribution >= 0.6 is 23.2 Å². The zero-order valence-corrected chi connectivity index (χ0v) is 15.2. The fourth-order valence-corrected chi connectivity index (χ4v) is 3.72. The van der Waals surface area contributed by atoms with Crippen molar-refractivity contribution in [1.29, 1.82) is 0 Å². The largest absolute Gasteiger partial charge is 0.294 e. The molecule has 1 atom stereocenters. The van der Waals surface area contributed by atoms with Crippen LogP contribution in [0, 0.1) is 5.92 Å². The number of carbonyl (C=O) groups excluding carboxylic acids is 2. The fourth-order valence-electron chi connectivity index (χ4n) is 3.26. The molecule has 0 N–H and O–H groups in total. The summed E-state index contributed by atoms with van der Waals surface area (Å²) in [6, 6.07) is 14.1. The van der Waals surface area contributed by atoms with Crippen LogP contribution in [0.3, 0.4) is 0 Å². The van der Waals surface area contributed by atoms with Gasteiger partial charge in [0.25, 0.3) is 0 Å². The first kappa shape index (κ1) is 17.9. The molecular formula is C21H18Cl2O2. The third-order valence-corrected chi connectivity index (χ3v) is 5.21. The van der Waals surface area contributed by atoms with Crippen molar-refractivity contribution in [3.63, 3.8) is 0 Å². The average molecular weight is 373 g/mol. The van der Waals surface area contributed by atoms with Crippen molar-refractivity contribution in [3.05, 3.63) is 81.4 Å². The van der Waals surface area contributed by atoms with Crippen LogP contribution in [-0.4, -0.2) is 11.6 Å². The van der Waals surface area contributed by atoms with E-state index in [1.54, 1.807) is 48.5 Å². The second kappa shape index (κ2) is 7.99. The lowest BCUT2D eigenvalue weighted by atomic mass is 9.80. The van der Waals surface area contributed by atoms with Crippen LogP contribution in [0.25, 0.3) is 0 Å². The van der Waals surface area contributed by atoms with E-state index in [2.05, 4.69) is 0 Å². The fraction of sp³-hybridized carbons (Fsp3) is 0.238. The van der Waals surface area contributed by atoms with Crippen LogP contribution in [0.5, 0.6) is 0 Å². The molecule has 0 fully saturated rings. The first-order valence-corrected chi connectivity index (χ1v) is 9.10. The van der Waals surface area contributed by atoms with Crippen LogP contribution in [0.1, 0.15) is 46.4 Å². The Morgan fingerprint density at radius 2 is 1.52 bits per heavy atom. The number of benzene rings is 2. The van der Waals surface area contributed by atoms with Gasteiger partial charge in [0.05, 0.1) is 10.0 Å². The number of hydrogen-bond donors (Lipinski definition) is 0. The number of Topliss-reactive ketones (excluding diaryl/α,β-unsaturated/α-hetero) is 2. The first-order chi connectivity index (χ1) is 12.1. The van der Waals surface area contributed by atoms with Gasteiger partial charge >= 0.3 is 0 Å². The summed E-state index contributed by atoms with van der Waals surface area (Å²) >= 11 is 12.3. The van der Waals surface area contributed by atoms with Gasteiger partial charge in [0.1, 0.15) is 0 Å². The summed E-state index contributed by atoms with van der Waals surface area (Å²) in [6.45, 7) is 0. The van der Waals surface area contributed by atoms with E-state index in [1.807, 2.05) is 6.08 Å². The number of carbonyl (C=O) groups is 2. The number of allylic oxidation sites excluding steroid dienone is 2. The maximum absolute atomic E-state index is 12.9. The third kappa shape index (κ3) is 4.02. The molecule has 1 aliphatic rings. The molecule has 4 heteroatoms. The van der Waals surface area contributed by atoms with Crippen molar-refractivity contribution in [2.75, 3.05) is 0 Å². The second-order valence-corrected chi connectivity index (χ2v) is 7.02. The van der Waals surface area contributed by atoms with Gasteiger partial charge in [0.2, 0.25) is 0 Å². The molecule has 0 amide bonds. The zero-order chi connectivity index (χ0) is 17.8. The van der Waals surface area contributed by atoms with E-state index in [0.717, 1.165) is 19.3 Å². The highest BCUT2D eigenvalue weighted by Gasteiger charge is 2.28. The molecule has 25 heavy (non-hydrogen) atoms. The van der Waals surface area contributed by atoms with Gasteiger partial charge in [-0.2, -0.15) is 0 Å². The maximum Gasteiger partial charge on any atom is 0.190 e. The van der Waals surface area contributed by atoms with Crippen molar-refractivity contribution in [1.82, 2.24) is 0 Å². The molecule has 1 aliphatic carbocycles. The van der Waals surface area contributed by atoms with Gasteiger partial charge < -0.3 is 0 Å². The molecule has 0 aliphatic heterocycles. The Hall–Kier alpha value is -1.90. The smallest absolute Gasteiger partial charge is 0.190 e. The van der Waals surface area contributed by atoms with E-state index in [1.165, 1.54) is 0 Å². The summed E-state index contributed by atoms with van der Waals surface area (Å²) < 4.78 is 0. The molecule has 0 heterocycles. The molecule has 2 aromatic rings. The highest BCUT2D eigenvalue weighted by atomic mass is 35.5. The van der Waals surface area contributed by atoms with Gasteiger partial charge in [-0.25, -0.2) is 0 Å². The molecule has 0 spiro atoms. The Bertz CT molecular complexity index is 839. The number of ketones is 2. The van der Waals surface area contributed by atoms with Gasteiger partial charge in [-0.3, -0.25) is 9.59 Å². The molecule has 0 saturated heterocycles. The number of halogens is 2. The maximum atomic E-state index is 12.9. The Kier molecular flexibility index (Phi) is 5.72. The van der Waals surface area contributed by atoms with Crippen molar-refractivity contribution < 1.29 is 9.59 Å². The molecule has 128 valence electrons. The van der Waals surface area contributed by atoms with Crippen molar-refractivity contribution in [2.24, 2.45) is 5.92 Å². The highest BCUT2D eigenvalue weighted by Crippen LogP contribution is 2.33.